The van der Waals surface area contributed by atoms with Gasteiger partial charge in [0.15, 0.2) is 0 Å². The van der Waals surface area contributed by atoms with Crippen LogP contribution in [-0.4, -0.2) is 24.8 Å². The van der Waals surface area contributed by atoms with Crippen LogP contribution in [0.4, 0.5) is 0 Å². The first-order valence-corrected chi connectivity index (χ1v) is 7.63. The molecule has 0 spiro atoms. The Morgan fingerprint density at radius 3 is 2.65 bits per heavy atom. The molecule has 0 amide bonds. The lowest BCUT2D eigenvalue weighted by Crippen LogP contribution is -2.30. The molecule has 1 aliphatic rings. The van der Waals surface area contributed by atoms with Crippen LogP contribution in [0.25, 0.3) is 0 Å². The molecule has 1 fully saturated rings. The second kappa shape index (κ2) is 8.93. The number of aliphatic hydroxyl groups excluding tert-OH is 1. The highest BCUT2D eigenvalue weighted by Gasteiger charge is 2.26. The van der Waals surface area contributed by atoms with Gasteiger partial charge in [-0.05, 0) is 50.1 Å². The summed E-state index contributed by atoms with van der Waals surface area (Å²) in [5.41, 5.74) is 0. The van der Waals surface area contributed by atoms with E-state index in [9.17, 15) is 5.11 Å². The fraction of sp³-hybridized carbons (Fsp3) is 1.00. The van der Waals surface area contributed by atoms with Gasteiger partial charge in [0.1, 0.15) is 0 Å². The van der Waals surface area contributed by atoms with E-state index in [1.165, 1.54) is 51.5 Å². The van der Waals surface area contributed by atoms with E-state index < -0.39 is 0 Å². The lowest BCUT2D eigenvalue weighted by atomic mass is 9.95. The summed E-state index contributed by atoms with van der Waals surface area (Å²) in [5.74, 6) is 2.14. The van der Waals surface area contributed by atoms with Crippen molar-refractivity contribution in [3.63, 3.8) is 0 Å². The molecule has 0 heterocycles. The molecule has 0 aromatic carbocycles. The summed E-state index contributed by atoms with van der Waals surface area (Å²) >= 11 is 0. The molecule has 17 heavy (non-hydrogen) atoms. The van der Waals surface area contributed by atoms with E-state index in [0.29, 0.717) is 12.5 Å². The van der Waals surface area contributed by atoms with Crippen LogP contribution in [0.5, 0.6) is 0 Å². The third-order valence-corrected chi connectivity index (χ3v) is 4.43. The second-order valence-corrected chi connectivity index (χ2v) is 5.71. The lowest BCUT2D eigenvalue weighted by Gasteiger charge is -2.20. The minimum absolute atomic E-state index is 0.388. The molecule has 2 N–H and O–H groups in total. The molecular weight excluding hydrogens is 210 g/mol. The number of hydrogen-bond acceptors (Lipinski definition) is 2. The Kier molecular flexibility index (Phi) is 7.87. The molecule has 3 atom stereocenters. The van der Waals surface area contributed by atoms with Crippen molar-refractivity contribution in [3.05, 3.63) is 0 Å². The lowest BCUT2D eigenvalue weighted by molar-refractivity contribution is 0.191. The Bertz CT molecular complexity index is 184. The van der Waals surface area contributed by atoms with E-state index in [1.807, 2.05) is 0 Å². The van der Waals surface area contributed by atoms with Gasteiger partial charge in [-0.25, -0.2) is 0 Å². The van der Waals surface area contributed by atoms with E-state index in [2.05, 4.69) is 19.2 Å². The maximum atomic E-state index is 9.28. The molecule has 0 saturated heterocycles. The van der Waals surface area contributed by atoms with E-state index >= 15 is 0 Å². The highest BCUT2D eigenvalue weighted by molar-refractivity contribution is 4.78. The Balaban J connectivity index is 2.12. The van der Waals surface area contributed by atoms with Crippen molar-refractivity contribution in [2.45, 2.75) is 58.8 Å². The fourth-order valence-corrected chi connectivity index (χ4v) is 3.04. The van der Waals surface area contributed by atoms with E-state index in [-0.39, 0.29) is 0 Å². The molecule has 0 bridgehead atoms. The van der Waals surface area contributed by atoms with Crippen LogP contribution in [0.15, 0.2) is 0 Å². The van der Waals surface area contributed by atoms with Crippen molar-refractivity contribution in [2.24, 2.45) is 17.8 Å². The summed E-state index contributed by atoms with van der Waals surface area (Å²) in [7, 11) is 0. The Morgan fingerprint density at radius 1 is 1.24 bits per heavy atom. The van der Waals surface area contributed by atoms with Gasteiger partial charge in [-0.2, -0.15) is 0 Å². The van der Waals surface area contributed by atoms with Gasteiger partial charge in [0.05, 0.1) is 0 Å². The summed E-state index contributed by atoms with van der Waals surface area (Å²) in [6.45, 7) is 7.25. The van der Waals surface area contributed by atoms with Crippen LogP contribution in [-0.2, 0) is 0 Å². The quantitative estimate of drug-likeness (QED) is 0.650. The largest absolute Gasteiger partial charge is 0.396 e. The van der Waals surface area contributed by atoms with Gasteiger partial charge in [0.25, 0.3) is 0 Å². The zero-order valence-corrected chi connectivity index (χ0v) is 11.8. The van der Waals surface area contributed by atoms with Crippen molar-refractivity contribution < 1.29 is 5.11 Å². The molecular formula is C15H31NO. The Hall–Kier alpha value is -0.0800. The maximum absolute atomic E-state index is 9.28. The highest BCUT2D eigenvalue weighted by atomic mass is 16.3. The predicted molar refractivity (Wildman–Crippen MR) is 74.1 cm³/mol. The van der Waals surface area contributed by atoms with Gasteiger partial charge in [0, 0.05) is 6.61 Å². The van der Waals surface area contributed by atoms with Crippen molar-refractivity contribution in [3.8, 4) is 0 Å². The third kappa shape index (κ3) is 5.39. The normalized spacial score (nSPS) is 26.3. The molecule has 0 aromatic rings. The Morgan fingerprint density at radius 2 is 2.00 bits per heavy atom. The molecule has 0 aromatic heterocycles. The topological polar surface area (TPSA) is 32.3 Å². The first-order valence-electron chi connectivity index (χ1n) is 7.63. The van der Waals surface area contributed by atoms with Crippen LogP contribution >= 0.6 is 0 Å². The molecule has 1 aliphatic carbocycles. The highest BCUT2D eigenvalue weighted by Crippen LogP contribution is 2.30. The monoisotopic (exact) mass is 241 g/mol. The molecule has 2 nitrogen and oxygen atoms in total. The van der Waals surface area contributed by atoms with Crippen LogP contribution < -0.4 is 5.32 Å². The summed E-state index contributed by atoms with van der Waals surface area (Å²) in [5, 5.41) is 12.9. The number of hydrogen-bond donors (Lipinski definition) is 2. The smallest absolute Gasteiger partial charge is 0.0462 e. The summed E-state index contributed by atoms with van der Waals surface area (Å²) in [4.78, 5) is 0. The van der Waals surface area contributed by atoms with Crippen molar-refractivity contribution in [1.29, 1.82) is 0 Å². The molecule has 2 heteroatoms. The number of aliphatic hydroxyl groups is 1. The predicted octanol–water partition coefficient (Wildman–Crippen LogP) is 3.20. The van der Waals surface area contributed by atoms with Crippen LogP contribution in [0.3, 0.4) is 0 Å². The molecule has 3 unspecified atom stereocenters. The third-order valence-electron chi connectivity index (χ3n) is 4.43. The van der Waals surface area contributed by atoms with E-state index in [4.69, 9.17) is 0 Å². The summed E-state index contributed by atoms with van der Waals surface area (Å²) in [6, 6.07) is 0. The summed E-state index contributed by atoms with van der Waals surface area (Å²) in [6.07, 6.45) is 9.19. The summed E-state index contributed by atoms with van der Waals surface area (Å²) < 4.78 is 0. The number of rotatable bonds is 9. The van der Waals surface area contributed by atoms with Crippen molar-refractivity contribution in [2.75, 3.05) is 19.7 Å². The maximum Gasteiger partial charge on any atom is 0.0462 e. The first kappa shape index (κ1) is 15.0. The van der Waals surface area contributed by atoms with Gasteiger partial charge in [-0.15, -0.1) is 0 Å². The van der Waals surface area contributed by atoms with Gasteiger partial charge in [-0.3, -0.25) is 0 Å². The standard InChI is InChI=1S/C15H31NO/c1-3-5-7-13(4-2)10-16-11-14-8-6-9-15(14)12-17/h13-17H,3-12H2,1-2H3. The molecule has 0 aliphatic heterocycles. The molecule has 102 valence electrons. The van der Waals surface area contributed by atoms with Crippen molar-refractivity contribution in [1.82, 2.24) is 5.32 Å². The molecule has 1 rings (SSSR count). The molecule has 0 radical (unpaired) electrons. The zero-order chi connectivity index (χ0) is 12.5. The average Bonchev–Trinajstić information content (AvgIpc) is 2.81. The SMILES string of the molecule is CCCCC(CC)CNCC1CCCC1CO. The second-order valence-electron chi connectivity index (χ2n) is 5.71. The molecule has 1 saturated carbocycles. The van der Waals surface area contributed by atoms with E-state index in [0.717, 1.165) is 18.4 Å². The average molecular weight is 241 g/mol. The van der Waals surface area contributed by atoms with Crippen LogP contribution in [0, 0.1) is 17.8 Å². The van der Waals surface area contributed by atoms with Gasteiger partial charge in [-0.1, -0.05) is 39.5 Å². The van der Waals surface area contributed by atoms with Crippen molar-refractivity contribution >= 4 is 0 Å². The minimum Gasteiger partial charge on any atom is -0.396 e. The zero-order valence-electron chi connectivity index (χ0n) is 11.8. The Labute approximate surface area is 107 Å². The first-order chi connectivity index (χ1) is 8.31. The van der Waals surface area contributed by atoms with E-state index in [1.54, 1.807) is 0 Å². The minimum atomic E-state index is 0.388. The number of nitrogens with one attached hydrogen (secondary N) is 1. The fourth-order valence-electron chi connectivity index (χ4n) is 3.04. The number of unbranched alkanes of at least 4 members (excludes halogenated alkanes) is 1. The van der Waals surface area contributed by atoms with Gasteiger partial charge >= 0.3 is 0 Å². The van der Waals surface area contributed by atoms with Crippen LogP contribution in [0.2, 0.25) is 0 Å². The van der Waals surface area contributed by atoms with Gasteiger partial charge < -0.3 is 10.4 Å². The van der Waals surface area contributed by atoms with Crippen LogP contribution in [0.1, 0.15) is 58.8 Å². The van der Waals surface area contributed by atoms with Gasteiger partial charge in [0.2, 0.25) is 0 Å².